The number of nitrogens with one attached hydrogen (secondary N) is 1. The number of ether oxygens (including phenoxy) is 1. The fraction of sp³-hybridized carbons (Fsp3) is 0.350. The minimum atomic E-state index is 0.0931. The lowest BCUT2D eigenvalue weighted by Gasteiger charge is -2.39. The molecule has 2 atom stereocenters. The highest BCUT2D eigenvalue weighted by Crippen LogP contribution is 2.39. The average molecular weight is 324 g/mol. The van der Waals surface area contributed by atoms with E-state index in [0.717, 1.165) is 23.5 Å². The minimum absolute atomic E-state index is 0.0931. The van der Waals surface area contributed by atoms with Crippen molar-refractivity contribution in [3.8, 4) is 5.75 Å². The van der Waals surface area contributed by atoms with E-state index in [-0.39, 0.29) is 18.0 Å². The Morgan fingerprint density at radius 1 is 1.21 bits per heavy atom. The Balaban J connectivity index is 1.94. The largest absolute Gasteiger partial charge is 0.497 e. The molecular formula is C20H24N2O2. The first-order valence-electron chi connectivity index (χ1n) is 8.30. The van der Waals surface area contributed by atoms with Crippen molar-refractivity contribution in [3.05, 3.63) is 53.6 Å². The molecule has 2 aromatic carbocycles. The highest BCUT2D eigenvalue weighted by atomic mass is 16.5. The number of hydrogen-bond donors (Lipinski definition) is 1. The van der Waals surface area contributed by atoms with Gasteiger partial charge in [-0.05, 0) is 56.2 Å². The summed E-state index contributed by atoms with van der Waals surface area (Å²) in [4.78, 5) is 14.0. The SMILES string of the molecule is COc1ccc(NC2CC(C)N(C(C)=O)c3ccc(C)cc32)cc1. The van der Waals surface area contributed by atoms with Crippen LogP contribution < -0.4 is 15.0 Å². The third-order valence-electron chi connectivity index (χ3n) is 4.61. The number of nitrogens with zero attached hydrogens (tertiary/aromatic N) is 1. The van der Waals surface area contributed by atoms with E-state index < -0.39 is 0 Å². The van der Waals surface area contributed by atoms with Crippen molar-refractivity contribution >= 4 is 17.3 Å². The highest BCUT2D eigenvalue weighted by molar-refractivity contribution is 5.93. The molecule has 4 heteroatoms. The van der Waals surface area contributed by atoms with Crippen molar-refractivity contribution in [1.82, 2.24) is 0 Å². The van der Waals surface area contributed by atoms with Gasteiger partial charge in [0.25, 0.3) is 0 Å². The maximum Gasteiger partial charge on any atom is 0.224 e. The molecule has 24 heavy (non-hydrogen) atoms. The number of benzene rings is 2. The molecule has 3 rings (SSSR count). The van der Waals surface area contributed by atoms with Crippen molar-refractivity contribution in [3.63, 3.8) is 0 Å². The zero-order chi connectivity index (χ0) is 17.3. The molecular weight excluding hydrogens is 300 g/mol. The third-order valence-corrected chi connectivity index (χ3v) is 4.61. The van der Waals surface area contributed by atoms with E-state index in [1.165, 1.54) is 11.1 Å². The molecule has 1 amide bonds. The van der Waals surface area contributed by atoms with E-state index >= 15 is 0 Å². The van der Waals surface area contributed by atoms with Crippen LogP contribution in [0.3, 0.4) is 0 Å². The molecule has 0 radical (unpaired) electrons. The van der Waals surface area contributed by atoms with Crippen LogP contribution in [-0.2, 0) is 4.79 Å². The maximum absolute atomic E-state index is 12.1. The van der Waals surface area contributed by atoms with Gasteiger partial charge in [0.05, 0.1) is 13.2 Å². The molecule has 0 saturated heterocycles. The molecule has 0 spiro atoms. The molecule has 0 aliphatic carbocycles. The molecule has 126 valence electrons. The number of anilines is 2. The van der Waals surface area contributed by atoms with Gasteiger partial charge < -0.3 is 15.0 Å². The average Bonchev–Trinajstić information content (AvgIpc) is 2.55. The Kier molecular flexibility index (Phi) is 4.47. The van der Waals surface area contributed by atoms with E-state index in [2.05, 4.69) is 37.4 Å². The molecule has 2 aromatic rings. The number of methoxy groups -OCH3 is 1. The highest BCUT2D eigenvalue weighted by Gasteiger charge is 2.32. The summed E-state index contributed by atoms with van der Waals surface area (Å²) in [6, 6.07) is 14.6. The van der Waals surface area contributed by atoms with E-state index in [4.69, 9.17) is 4.74 Å². The second kappa shape index (κ2) is 6.56. The van der Waals surface area contributed by atoms with Gasteiger partial charge >= 0.3 is 0 Å². The quantitative estimate of drug-likeness (QED) is 0.915. The number of amides is 1. The van der Waals surface area contributed by atoms with Crippen LogP contribution in [-0.4, -0.2) is 19.1 Å². The van der Waals surface area contributed by atoms with Crippen molar-refractivity contribution in [2.45, 2.75) is 39.3 Å². The first-order valence-corrected chi connectivity index (χ1v) is 8.30. The number of rotatable bonds is 3. The van der Waals surface area contributed by atoms with Crippen molar-refractivity contribution in [2.24, 2.45) is 0 Å². The van der Waals surface area contributed by atoms with Gasteiger partial charge in [-0.2, -0.15) is 0 Å². The lowest BCUT2D eigenvalue weighted by atomic mass is 9.90. The zero-order valence-corrected chi connectivity index (χ0v) is 14.7. The van der Waals surface area contributed by atoms with Crippen LogP contribution in [0.2, 0.25) is 0 Å². The van der Waals surface area contributed by atoms with Crippen LogP contribution in [0.4, 0.5) is 11.4 Å². The van der Waals surface area contributed by atoms with Crippen molar-refractivity contribution in [2.75, 3.05) is 17.3 Å². The standard InChI is InChI=1S/C20H24N2O2/c1-13-5-10-20-18(11-13)19(12-14(2)22(20)15(3)23)21-16-6-8-17(24-4)9-7-16/h5-11,14,19,21H,12H2,1-4H3. The number of hydrogen-bond acceptors (Lipinski definition) is 3. The molecule has 2 unspecified atom stereocenters. The lowest BCUT2D eigenvalue weighted by molar-refractivity contribution is -0.117. The van der Waals surface area contributed by atoms with Gasteiger partial charge in [0, 0.05) is 24.3 Å². The lowest BCUT2D eigenvalue weighted by Crippen LogP contribution is -2.43. The summed E-state index contributed by atoms with van der Waals surface area (Å²) in [7, 11) is 1.67. The van der Waals surface area contributed by atoms with Crippen LogP contribution in [0.15, 0.2) is 42.5 Å². The summed E-state index contributed by atoms with van der Waals surface area (Å²) in [5, 5.41) is 3.61. The van der Waals surface area contributed by atoms with Crippen molar-refractivity contribution in [1.29, 1.82) is 0 Å². The Morgan fingerprint density at radius 2 is 1.92 bits per heavy atom. The molecule has 1 aliphatic heterocycles. The smallest absolute Gasteiger partial charge is 0.224 e. The van der Waals surface area contributed by atoms with Crippen molar-refractivity contribution < 1.29 is 9.53 Å². The summed E-state index contributed by atoms with van der Waals surface area (Å²) in [5.74, 6) is 0.937. The Labute approximate surface area is 143 Å². The van der Waals surface area contributed by atoms with E-state index in [0.29, 0.717) is 0 Å². The van der Waals surface area contributed by atoms with Crippen LogP contribution in [0, 0.1) is 6.92 Å². The van der Waals surface area contributed by atoms with Gasteiger partial charge in [0.15, 0.2) is 0 Å². The fourth-order valence-corrected chi connectivity index (χ4v) is 3.49. The molecule has 1 heterocycles. The Bertz CT molecular complexity index is 740. The van der Waals surface area contributed by atoms with E-state index in [1.807, 2.05) is 29.2 Å². The number of carbonyl (C=O) groups is 1. The zero-order valence-electron chi connectivity index (χ0n) is 14.7. The minimum Gasteiger partial charge on any atom is -0.497 e. The normalized spacial score (nSPS) is 19.6. The monoisotopic (exact) mass is 324 g/mol. The first-order chi connectivity index (χ1) is 11.5. The number of fused-ring (bicyclic) bond motifs is 1. The predicted octanol–water partition coefficient (Wildman–Crippen LogP) is 4.30. The van der Waals surface area contributed by atoms with Gasteiger partial charge in [0.2, 0.25) is 5.91 Å². The first kappa shape index (κ1) is 16.4. The second-order valence-corrected chi connectivity index (χ2v) is 6.46. The molecule has 0 saturated carbocycles. The summed E-state index contributed by atoms with van der Waals surface area (Å²) in [6.45, 7) is 5.82. The molecule has 1 aliphatic rings. The maximum atomic E-state index is 12.1. The van der Waals surface area contributed by atoms with Gasteiger partial charge in [-0.1, -0.05) is 17.7 Å². The second-order valence-electron chi connectivity index (χ2n) is 6.46. The molecule has 4 nitrogen and oxygen atoms in total. The van der Waals surface area contributed by atoms with Crippen LogP contribution >= 0.6 is 0 Å². The topological polar surface area (TPSA) is 41.6 Å². The van der Waals surface area contributed by atoms with Crippen LogP contribution in [0.25, 0.3) is 0 Å². The van der Waals surface area contributed by atoms with E-state index in [1.54, 1.807) is 14.0 Å². The predicted molar refractivity (Wildman–Crippen MR) is 97.8 cm³/mol. The molecule has 0 bridgehead atoms. The van der Waals surface area contributed by atoms with Gasteiger partial charge in [-0.3, -0.25) is 4.79 Å². The number of carbonyl (C=O) groups excluding carboxylic acids is 1. The Morgan fingerprint density at radius 3 is 2.54 bits per heavy atom. The summed E-state index contributed by atoms with van der Waals surface area (Å²) >= 11 is 0. The molecule has 0 fully saturated rings. The van der Waals surface area contributed by atoms with Crippen LogP contribution in [0.5, 0.6) is 5.75 Å². The number of aryl methyl sites for hydroxylation is 1. The summed E-state index contributed by atoms with van der Waals surface area (Å²) < 4.78 is 5.22. The van der Waals surface area contributed by atoms with Gasteiger partial charge in [-0.25, -0.2) is 0 Å². The van der Waals surface area contributed by atoms with Gasteiger partial charge in [-0.15, -0.1) is 0 Å². The third kappa shape index (κ3) is 3.09. The van der Waals surface area contributed by atoms with E-state index in [9.17, 15) is 4.79 Å². The summed E-state index contributed by atoms with van der Waals surface area (Å²) in [6.07, 6.45) is 0.877. The molecule has 1 N–H and O–H groups in total. The fourth-order valence-electron chi connectivity index (χ4n) is 3.49. The van der Waals surface area contributed by atoms with Crippen LogP contribution in [0.1, 0.15) is 37.4 Å². The summed E-state index contributed by atoms with van der Waals surface area (Å²) in [5.41, 5.74) is 4.45. The van der Waals surface area contributed by atoms with Gasteiger partial charge in [0.1, 0.15) is 5.75 Å². The molecule has 0 aromatic heterocycles. The Hall–Kier alpha value is -2.49.